The van der Waals surface area contributed by atoms with E-state index in [0.29, 0.717) is 5.69 Å². The zero-order chi connectivity index (χ0) is 12.3. The molecule has 1 unspecified atom stereocenters. The fraction of sp³-hybridized carbons (Fsp3) is 0.455. The first-order valence-electron chi connectivity index (χ1n) is 5.03. The van der Waals surface area contributed by atoms with Crippen LogP contribution in [-0.4, -0.2) is 21.7 Å². The highest BCUT2D eigenvalue weighted by Crippen LogP contribution is 2.22. The Morgan fingerprint density at radius 2 is 2.12 bits per heavy atom. The molecule has 0 spiro atoms. The van der Waals surface area contributed by atoms with E-state index in [1.807, 2.05) is 13.8 Å². The minimum atomic E-state index is -0.563. The molecule has 1 aromatic carbocycles. The molecule has 0 radical (unpaired) electrons. The van der Waals surface area contributed by atoms with Crippen molar-refractivity contribution in [2.24, 2.45) is 0 Å². The highest BCUT2D eigenvalue weighted by Gasteiger charge is 2.23. The SMILES string of the molecule is CC(O)C(C)(C)Nc1cccc([N+](=O)[O-])c1. The van der Waals surface area contributed by atoms with Gasteiger partial charge >= 0.3 is 0 Å². The zero-order valence-electron chi connectivity index (χ0n) is 9.60. The monoisotopic (exact) mass is 224 g/mol. The summed E-state index contributed by atoms with van der Waals surface area (Å²) in [5, 5.41) is 23.2. The van der Waals surface area contributed by atoms with Crippen LogP contribution in [0.5, 0.6) is 0 Å². The number of aliphatic hydroxyl groups excluding tert-OH is 1. The van der Waals surface area contributed by atoms with Gasteiger partial charge in [-0.1, -0.05) is 6.07 Å². The number of aliphatic hydroxyl groups is 1. The molecule has 5 nitrogen and oxygen atoms in total. The average Bonchev–Trinajstić information content (AvgIpc) is 2.17. The van der Waals surface area contributed by atoms with Crippen LogP contribution in [0.1, 0.15) is 20.8 Å². The maximum atomic E-state index is 10.6. The fourth-order valence-electron chi connectivity index (χ4n) is 1.17. The number of nitro groups is 1. The molecule has 0 saturated heterocycles. The van der Waals surface area contributed by atoms with Gasteiger partial charge in [-0.25, -0.2) is 0 Å². The highest BCUT2D eigenvalue weighted by atomic mass is 16.6. The van der Waals surface area contributed by atoms with Crippen molar-refractivity contribution in [1.29, 1.82) is 0 Å². The van der Waals surface area contributed by atoms with Gasteiger partial charge in [0.2, 0.25) is 0 Å². The van der Waals surface area contributed by atoms with E-state index in [1.165, 1.54) is 12.1 Å². The largest absolute Gasteiger partial charge is 0.391 e. The van der Waals surface area contributed by atoms with Crippen molar-refractivity contribution in [2.45, 2.75) is 32.4 Å². The molecule has 0 fully saturated rings. The van der Waals surface area contributed by atoms with Crippen LogP contribution in [-0.2, 0) is 0 Å². The number of benzene rings is 1. The average molecular weight is 224 g/mol. The maximum absolute atomic E-state index is 10.6. The van der Waals surface area contributed by atoms with Crippen molar-refractivity contribution in [3.05, 3.63) is 34.4 Å². The molecule has 0 bridgehead atoms. The number of non-ortho nitro benzene ring substituents is 1. The predicted molar refractivity (Wildman–Crippen MR) is 62.5 cm³/mol. The molecule has 0 aliphatic heterocycles. The van der Waals surface area contributed by atoms with Crippen LogP contribution in [0.4, 0.5) is 11.4 Å². The van der Waals surface area contributed by atoms with Crippen LogP contribution < -0.4 is 5.32 Å². The van der Waals surface area contributed by atoms with Gasteiger partial charge in [-0.2, -0.15) is 0 Å². The summed E-state index contributed by atoms with van der Waals surface area (Å²) < 4.78 is 0. The van der Waals surface area contributed by atoms with Gasteiger partial charge in [0.15, 0.2) is 0 Å². The van der Waals surface area contributed by atoms with Crippen molar-refractivity contribution in [3.63, 3.8) is 0 Å². The van der Waals surface area contributed by atoms with Gasteiger partial charge in [0.1, 0.15) is 0 Å². The molecule has 16 heavy (non-hydrogen) atoms. The lowest BCUT2D eigenvalue weighted by molar-refractivity contribution is -0.384. The number of rotatable bonds is 4. The zero-order valence-corrected chi connectivity index (χ0v) is 9.60. The summed E-state index contributed by atoms with van der Waals surface area (Å²) in [6, 6.07) is 6.22. The minimum Gasteiger partial charge on any atom is -0.391 e. The third-order valence-electron chi connectivity index (χ3n) is 2.57. The standard InChI is InChI=1S/C11H16N2O3/c1-8(14)11(2,3)12-9-5-4-6-10(7-9)13(15)16/h4-8,12,14H,1-3H3. The van der Waals surface area contributed by atoms with Crippen LogP contribution in [0, 0.1) is 10.1 Å². The highest BCUT2D eigenvalue weighted by molar-refractivity contribution is 5.52. The molecule has 0 aliphatic rings. The number of hydrogen-bond acceptors (Lipinski definition) is 4. The molecule has 1 atom stereocenters. The Hall–Kier alpha value is -1.62. The van der Waals surface area contributed by atoms with Gasteiger partial charge < -0.3 is 10.4 Å². The summed E-state index contributed by atoms with van der Waals surface area (Å²) in [6.07, 6.45) is -0.563. The van der Waals surface area contributed by atoms with E-state index in [0.717, 1.165) is 0 Å². The van der Waals surface area contributed by atoms with Crippen LogP contribution in [0.3, 0.4) is 0 Å². The van der Waals surface area contributed by atoms with Gasteiger partial charge in [0.05, 0.1) is 16.6 Å². The topological polar surface area (TPSA) is 75.4 Å². The Kier molecular flexibility index (Phi) is 3.49. The summed E-state index contributed by atoms with van der Waals surface area (Å²) in [5.74, 6) is 0. The molecule has 88 valence electrons. The second-order valence-corrected chi connectivity index (χ2v) is 4.33. The number of hydrogen-bond donors (Lipinski definition) is 2. The van der Waals surface area contributed by atoms with Crippen LogP contribution in [0.25, 0.3) is 0 Å². The lowest BCUT2D eigenvalue weighted by atomic mass is 9.98. The Balaban J connectivity index is 2.90. The summed E-state index contributed by atoms with van der Waals surface area (Å²) in [7, 11) is 0. The van der Waals surface area contributed by atoms with Crippen molar-refractivity contribution < 1.29 is 10.0 Å². The molecule has 0 aliphatic carbocycles. The minimum absolute atomic E-state index is 0.0337. The van der Waals surface area contributed by atoms with Crippen molar-refractivity contribution in [2.75, 3.05) is 5.32 Å². The molecular weight excluding hydrogens is 208 g/mol. The molecule has 1 aromatic rings. The lowest BCUT2D eigenvalue weighted by Gasteiger charge is -2.30. The molecule has 0 heterocycles. The summed E-state index contributed by atoms with van der Waals surface area (Å²) >= 11 is 0. The van der Waals surface area contributed by atoms with Crippen LogP contribution in [0.2, 0.25) is 0 Å². The van der Waals surface area contributed by atoms with E-state index in [1.54, 1.807) is 19.1 Å². The van der Waals surface area contributed by atoms with Gasteiger partial charge in [-0.3, -0.25) is 10.1 Å². The van der Waals surface area contributed by atoms with Gasteiger partial charge in [0, 0.05) is 17.8 Å². The van der Waals surface area contributed by atoms with E-state index in [9.17, 15) is 15.2 Å². The Morgan fingerprint density at radius 1 is 1.50 bits per heavy atom. The van der Waals surface area contributed by atoms with Crippen LogP contribution >= 0.6 is 0 Å². The molecule has 0 amide bonds. The Bertz CT molecular complexity index is 389. The first-order chi connectivity index (χ1) is 7.33. The van der Waals surface area contributed by atoms with Crippen molar-refractivity contribution in [1.82, 2.24) is 0 Å². The van der Waals surface area contributed by atoms with Gasteiger partial charge in [-0.15, -0.1) is 0 Å². The maximum Gasteiger partial charge on any atom is 0.271 e. The molecule has 0 saturated carbocycles. The predicted octanol–water partition coefficient (Wildman–Crippen LogP) is 2.17. The molecule has 1 rings (SSSR count). The smallest absolute Gasteiger partial charge is 0.271 e. The Labute approximate surface area is 94.3 Å². The molecular formula is C11H16N2O3. The first-order valence-corrected chi connectivity index (χ1v) is 5.03. The normalized spacial score (nSPS) is 13.2. The third kappa shape index (κ3) is 2.93. The summed E-state index contributed by atoms with van der Waals surface area (Å²) in [5.41, 5.74) is 0.126. The quantitative estimate of drug-likeness (QED) is 0.607. The van der Waals surface area contributed by atoms with E-state index in [-0.39, 0.29) is 5.69 Å². The first kappa shape index (κ1) is 12.4. The van der Waals surface area contributed by atoms with Gasteiger partial charge in [-0.05, 0) is 26.8 Å². The summed E-state index contributed by atoms with van der Waals surface area (Å²) in [4.78, 5) is 10.1. The molecule has 5 heteroatoms. The van der Waals surface area contributed by atoms with Gasteiger partial charge in [0.25, 0.3) is 5.69 Å². The number of nitrogens with zero attached hydrogens (tertiary/aromatic N) is 1. The molecule has 2 N–H and O–H groups in total. The van der Waals surface area contributed by atoms with E-state index >= 15 is 0 Å². The number of nitrogens with one attached hydrogen (secondary N) is 1. The van der Waals surface area contributed by atoms with Crippen molar-refractivity contribution in [3.8, 4) is 0 Å². The number of anilines is 1. The van der Waals surface area contributed by atoms with E-state index in [2.05, 4.69) is 5.32 Å². The third-order valence-corrected chi connectivity index (χ3v) is 2.57. The second kappa shape index (κ2) is 4.49. The Morgan fingerprint density at radius 3 is 2.62 bits per heavy atom. The van der Waals surface area contributed by atoms with Crippen LogP contribution in [0.15, 0.2) is 24.3 Å². The summed E-state index contributed by atoms with van der Waals surface area (Å²) in [6.45, 7) is 5.33. The number of nitro benzene ring substituents is 1. The fourth-order valence-corrected chi connectivity index (χ4v) is 1.17. The molecule has 0 aromatic heterocycles. The van der Waals surface area contributed by atoms with Crippen molar-refractivity contribution >= 4 is 11.4 Å². The van der Waals surface area contributed by atoms with E-state index < -0.39 is 16.6 Å². The van der Waals surface area contributed by atoms with E-state index in [4.69, 9.17) is 0 Å². The second-order valence-electron chi connectivity index (χ2n) is 4.33. The lowest BCUT2D eigenvalue weighted by Crippen LogP contribution is -2.41.